The second-order valence-electron chi connectivity index (χ2n) is 6.15. The van der Waals surface area contributed by atoms with Crippen LogP contribution in [0.1, 0.15) is 26.6 Å². The monoisotopic (exact) mass is 293 g/mol. The lowest BCUT2D eigenvalue weighted by atomic mass is 10.00. The molecule has 0 aromatic carbocycles. The van der Waals surface area contributed by atoms with Crippen LogP contribution < -0.4 is 10.2 Å². The molecule has 6 nitrogen and oxygen atoms in total. The number of hydrogen-bond donors (Lipinski definition) is 1. The van der Waals surface area contributed by atoms with Gasteiger partial charge in [0.25, 0.3) is 0 Å². The Morgan fingerprint density at radius 1 is 1.33 bits per heavy atom. The summed E-state index contributed by atoms with van der Waals surface area (Å²) in [5.41, 5.74) is 0.142. The molecule has 2 heterocycles. The van der Waals surface area contributed by atoms with Crippen LogP contribution in [-0.4, -0.2) is 60.7 Å². The molecule has 0 atom stereocenters. The highest BCUT2D eigenvalue weighted by molar-refractivity contribution is 5.50. The molecule has 1 saturated heterocycles. The Kier molecular flexibility index (Phi) is 5.00. The van der Waals surface area contributed by atoms with Crippen molar-refractivity contribution in [3.05, 3.63) is 11.9 Å². The van der Waals surface area contributed by atoms with E-state index in [1.165, 1.54) is 0 Å². The van der Waals surface area contributed by atoms with E-state index in [0.717, 1.165) is 43.6 Å². The number of anilines is 2. The van der Waals surface area contributed by atoms with Crippen LogP contribution in [0.4, 0.5) is 11.6 Å². The van der Waals surface area contributed by atoms with E-state index in [9.17, 15) is 0 Å². The zero-order valence-electron chi connectivity index (χ0n) is 13.8. The smallest absolute Gasteiger partial charge is 0.158 e. The van der Waals surface area contributed by atoms with Crippen LogP contribution in [-0.2, 0) is 11.3 Å². The Morgan fingerprint density at radius 3 is 2.71 bits per heavy atom. The molecule has 0 radical (unpaired) electrons. The van der Waals surface area contributed by atoms with Gasteiger partial charge in [-0.15, -0.1) is 0 Å². The first-order valence-electron chi connectivity index (χ1n) is 7.53. The standard InChI is InChI=1S/C15H27N5O/c1-6-16-12-9-14(18-13(17-12)10-21-5)20-8-7-19(4)15(2,3)11-20/h9H,6-8,10-11H2,1-5H3,(H,16,17,18). The second kappa shape index (κ2) is 6.58. The molecule has 0 unspecified atom stereocenters. The fraction of sp³-hybridized carbons (Fsp3) is 0.733. The Labute approximate surface area is 127 Å². The SMILES string of the molecule is CCNc1cc(N2CCN(C)C(C)(C)C2)nc(COC)n1. The molecule has 2 rings (SSSR count). The van der Waals surface area contributed by atoms with Crippen molar-refractivity contribution >= 4 is 11.6 Å². The number of ether oxygens (including phenoxy) is 1. The number of rotatable bonds is 5. The maximum absolute atomic E-state index is 5.18. The molecular formula is C15H27N5O. The average Bonchev–Trinajstić information content (AvgIpc) is 2.42. The molecule has 0 bridgehead atoms. The summed E-state index contributed by atoms with van der Waals surface area (Å²) in [7, 11) is 3.85. The third-order valence-corrected chi connectivity index (χ3v) is 4.03. The summed E-state index contributed by atoms with van der Waals surface area (Å²) in [6.45, 7) is 10.8. The highest BCUT2D eigenvalue weighted by Crippen LogP contribution is 2.24. The summed E-state index contributed by atoms with van der Waals surface area (Å²) in [5.74, 6) is 2.57. The topological polar surface area (TPSA) is 53.5 Å². The summed E-state index contributed by atoms with van der Waals surface area (Å²) < 4.78 is 5.18. The van der Waals surface area contributed by atoms with Gasteiger partial charge in [0.2, 0.25) is 0 Å². The summed E-state index contributed by atoms with van der Waals surface area (Å²) in [6.07, 6.45) is 0. The van der Waals surface area contributed by atoms with Crippen molar-refractivity contribution in [3.8, 4) is 0 Å². The van der Waals surface area contributed by atoms with Crippen molar-refractivity contribution < 1.29 is 4.74 Å². The van der Waals surface area contributed by atoms with E-state index in [0.29, 0.717) is 6.61 Å². The van der Waals surface area contributed by atoms with Crippen LogP contribution in [0, 0.1) is 0 Å². The van der Waals surface area contributed by atoms with E-state index in [4.69, 9.17) is 4.74 Å². The normalized spacial score (nSPS) is 18.8. The van der Waals surface area contributed by atoms with Crippen molar-refractivity contribution in [2.45, 2.75) is 32.9 Å². The Balaban J connectivity index is 2.25. The number of piperazine rings is 1. The molecule has 1 aliphatic heterocycles. The van der Waals surface area contributed by atoms with Crippen LogP contribution in [0.25, 0.3) is 0 Å². The van der Waals surface area contributed by atoms with Crippen molar-refractivity contribution in [2.24, 2.45) is 0 Å². The van der Waals surface area contributed by atoms with Crippen molar-refractivity contribution in [1.29, 1.82) is 0 Å². The number of hydrogen-bond acceptors (Lipinski definition) is 6. The zero-order chi connectivity index (χ0) is 15.5. The van der Waals surface area contributed by atoms with Gasteiger partial charge >= 0.3 is 0 Å². The zero-order valence-corrected chi connectivity index (χ0v) is 13.8. The van der Waals surface area contributed by atoms with Crippen LogP contribution >= 0.6 is 0 Å². The lowest BCUT2D eigenvalue weighted by molar-refractivity contribution is 0.138. The predicted molar refractivity (Wildman–Crippen MR) is 85.8 cm³/mol. The Bertz CT molecular complexity index is 453. The lowest BCUT2D eigenvalue weighted by Crippen LogP contribution is -2.57. The minimum atomic E-state index is 0.142. The minimum absolute atomic E-state index is 0.142. The first-order valence-corrected chi connectivity index (χ1v) is 7.53. The molecule has 1 aromatic heterocycles. The van der Waals surface area contributed by atoms with Crippen LogP contribution in [0.2, 0.25) is 0 Å². The summed E-state index contributed by atoms with van der Waals surface area (Å²) in [5, 5.41) is 3.27. The first kappa shape index (κ1) is 16.0. The third kappa shape index (κ3) is 3.83. The van der Waals surface area contributed by atoms with Crippen molar-refractivity contribution in [2.75, 3.05) is 50.6 Å². The van der Waals surface area contributed by atoms with Gasteiger partial charge in [-0.1, -0.05) is 0 Å². The molecule has 1 fully saturated rings. The fourth-order valence-electron chi connectivity index (χ4n) is 2.55. The molecule has 21 heavy (non-hydrogen) atoms. The molecule has 118 valence electrons. The summed E-state index contributed by atoms with van der Waals surface area (Å²) in [6, 6.07) is 2.03. The van der Waals surface area contributed by atoms with Gasteiger partial charge in [-0.3, -0.25) is 4.90 Å². The lowest BCUT2D eigenvalue weighted by Gasteiger charge is -2.45. The molecular weight excluding hydrogens is 266 g/mol. The largest absolute Gasteiger partial charge is 0.377 e. The fourth-order valence-corrected chi connectivity index (χ4v) is 2.55. The maximum Gasteiger partial charge on any atom is 0.158 e. The van der Waals surface area contributed by atoms with E-state index in [-0.39, 0.29) is 5.54 Å². The molecule has 1 N–H and O–H groups in total. The quantitative estimate of drug-likeness (QED) is 0.889. The number of nitrogens with one attached hydrogen (secondary N) is 1. The van der Waals surface area contributed by atoms with E-state index >= 15 is 0 Å². The molecule has 1 aromatic rings. The van der Waals surface area contributed by atoms with Gasteiger partial charge in [0.1, 0.15) is 18.2 Å². The number of nitrogens with zero attached hydrogens (tertiary/aromatic N) is 4. The Hall–Kier alpha value is -1.40. The van der Waals surface area contributed by atoms with Gasteiger partial charge in [0, 0.05) is 44.9 Å². The number of aromatic nitrogens is 2. The Morgan fingerprint density at radius 2 is 2.10 bits per heavy atom. The summed E-state index contributed by atoms with van der Waals surface area (Å²) >= 11 is 0. The van der Waals surface area contributed by atoms with E-state index in [1.54, 1.807) is 7.11 Å². The first-order chi connectivity index (χ1) is 9.96. The van der Waals surface area contributed by atoms with Gasteiger partial charge in [0.05, 0.1) is 0 Å². The predicted octanol–water partition coefficient (Wildman–Crippen LogP) is 1.59. The highest BCUT2D eigenvalue weighted by Gasteiger charge is 2.31. The van der Waals surface area contributed by atoms with E-state index < -0.39 is 0 Å². The summed E-state index contributed by atoms with van der Waals surface area (Å²) in [4.78, 5) is 13.9. The van der Waals surface area contributed by atoms with E-state index in [1.807, 2.05) is 6.07 Å². The maximum atomic E-state index is 5.18. The molecule has 1 aliphatic rings. The molecule has 0 saturated carbocycles. The third-order valence-electron chi connectivity index (χ3n) is 4.03. The molecule has 6 heteroatoms. The van der Waals surface area contributed by atoms with Gasteiger partial charge < -0.3 is 15.0 Å². The minimum Gasteiger partial charge on any atom is -0.377 e. The highest BCUT2D eigenvalue weighted by atomic mass is 16.5. The van der Waals surface area contributed by atoms with Crippen LogP contribution in [0.15, 0.2) is 6.07 Å². The van der Waals surface area contributed by atoms with Gasteiger partial charge in [-0.25, -0.2) is 9.97 Å². The number of likely N-dealkylation sites (N-methyl/N-ethyl adjacent to an activating group) is 1. The van der Waals surface area contributed by atoms with Gasteiger partial charge in [0.15, 0.2) is 5.82 Å². The number of methoxy groups -OCH3 is 1. The van der Waals surface area contributed by atoms with Crippen molar-refractivity contribution in [1.82, 2.24) is 14.9 Å². The molecule has 0 amide bonds. The van der Waals surface area contributed by atoms with Crippen LogP contribution in [0.3, 0.4) is 0 Å². The van der Waals surface area contributed by atoms with Crippen LogP contribution in [0.5, 0.6) is 0 Å². The molecule has 0 spiro atoms. The van der Waals surface area contributed by atoms with Gasteiger partial charge in [-0.05, 0) is 27.8 Å². The van der Waals surface area contributed by atoms with Crippen molar-refractivity contribution in [3.63, 3.8) is 0 Å². The molecule has 0 aliphatic carbocycles. The average molecular weight is 293 g/mol. The van der Waals surface area contributed by atoms with E-state index in [2.05, 4.69) is 52.9 Å². The second-order valence-corrected chi connectivity index (χ2v) is 6.15. The van der Waals surface area contributed by atoms with Gasteiger partial charge in [-0.2, -0.15) is 0 Å².